The summed E-state index contributed by atoms with van der Waals surface area (Å²) in [4.78, 5) is 39.7. The third-order valence-electron chi connectivity index (χ3n) is 3.51. The fraction of sp³-hybridized carbons (Fsp3) is 0.353. The van der Waals surface area contributed by atoms with Gasteiger partial charge in [-0.25, -0.2) is 4.79 Å². The molecule has 120 valence electrons. The fourth-order valence-corrected chi connectivity index (χ4v) is 2.45. The van der Waals surface area contributed by atoms with Crippen molar-refractivity contribution in [2.24, 2.45) is 0 Å². The van der Waals surface area contributed by atoms with Crippen LogP contribution in [0.2, 0.25) is 0 Å². The van der Waals surface area contributed by atoms with Crippen molar-refractivity contribution >= 4 is 17.7 Å². The summed E-state index contributed by atoms with van der Waals surface area (Å²) in [5.41, 5.74) is 0.0545. The molecule has 0 aromatic rings. The quantitative estimate of drug-likeness (QED) is 0.490. The number of aliphatic hydroxyl groups is 1. The topological polar surface area (TPSA) is 77.9 Å². The van der Waals surface area contributed by atoms with E-state index in [4.69, 9.17) is 0 Å². The second-order valence-electron chi connectivity index (χ2n) is 5.84. The van der Waals surface area contributed by atoms with E-state index in [-0.39, 0.29) is 29.1 Å². The molecule has 6 heteroatoms. The molecule has 0 bridgehead atoms. The lowest BCUT2D eigenvalue weighted by Gasteiger charge is -2.22. The number of allylic oxidation sites excluding steroid dienone is 6. The Morgan fingerprint density at radius 2 is 1.78 bits per heavy atom. The minimum atomic E-state index is -0.549. The van der Waals surface area contributed by atoms with Gasteiger partial charge in [0, 0.05) is 24.2 Å². The van der Waals surface area contributed by atoms with Crippen molar-refractivity contribution in [3.8, 4) is 0 Å². The summed E-state index contributed by atoms with van der Waals surface area (Å²) in [5.74, 6) is -1.35. The summed E-state index contributed by atoms with van der Waals surface area (Å²) < 4.78 is 0. The van der Waals surface area contributed by atoms with Gasteiger partial charge in [-0.2, -0.15) is 0 Å². The van der Waals surface area contributed by atoms with Crippen LogP contribution in [0.25, 0.3) is 0 Å². The molecule has 23 heavy (non-hydrogen) atoms. The number of imide groups is 1. The average molecular weight is 315 g/mol. The van der Waals surface area contributed by atoms with E-state index in [2.05, 4.69) is 6.08 Å². The van der Waals surface area contributed by atoms with E-state index in [0.717, 1.165) is 11.0 Å². The van der Waals surface area contributed by atoms with E-state index in [1.54, 1.807) is 33.8 Å². The number of carbonyl (C=O) groups excluding carboxylic acids is 3. The standard InChI is InChI=1S/C17H18N2O4/c1-10(2)18-13(16(22)19(11(3)4)17(18)23)9-15(21)12-7-5-6-8-14(12)20/h5-7,9-11H,1-4H3/p+1/b13-9-. The highest BCUT2D eigenvalue weighted by Gasteiger charge is 2.44. The smallest absolute Gasteiger partial charge is 0.332 e. The number of rotatable bonds is 4. The van der Waals surface area contributed by atoms with Gasteiger partial charge in [0.05, 0.1) is 12.2 Å². The Hall–Kier alpha value is -2.72. The van der Waals surface area contributed by atoms with Crippen LogP contribution in [0.5, 0.6) is 0 Å². The highest BCUT2D eigenvalue weighted by atomic mass is 16.3. The normalized spacial score (nSPS) is 19.7. The van der Waals surface area contributed by atoms with Crippen LogP contribution in [-0.2, 0) is 9.59 Å². The number of hydrogen-bond donors (Lipinski definition) is 1. The molecule has 0 atom stereocenters. The molecule has 1 saturated heterocycles. The van der Waals surface area contributed by atoms with Crippen LogP contribution in [0.4, 0.5) is 4.79 Å². The molecule has 2 aliphatic rings. The Labute approximate surface area is 135 Å². The summed E-state index contributed by atoms with van der Waals surface area (Å²) >= 11 is 0. The van der Waals surface area contributed by atoms with Gasteiger partial charge in [0.2, 0.25) is 5.78 Å². The molecule has 0 aromatic carbocycles. The van der Waals surface area contributed by atoms with E-state index in [9.17, 15) is 19.5 Å². The lowest BCUT2D eigenvalue weighted by atomic mass is 10.0. The first-order chi connectivity index (χ1) is 10.8. The molecule has 0 radical (unpaired) electrons. The summed E-state index contributed by atoms with van der Waals surface area (Å²) in [7, 11) is 0. The van der Waals surface area contributed by atoms with Crippen LogP contribution in [0.1, 0.15) is 27.7 Å². The van der Waals surface area contributed by atoms with Gasteiger partial charge < -0.3 is 5.11 Å². The monoisotopic (exact) mass is 315 g/mol. The van der Waals surface area contributed by atoms with Crippen molar-refractivity contribution in [3.63, 3.8) is 0 Å². The molecule has 6 nitrogen and oxygen atoms in total. The first-order valence-electron chi connectivity index (χ1n) is 7.38. The Balaban J connectivity index is 2.43. The van der Waals surface area contributed by atoms with Gasteiger partial charge >= 0.3 is 6.03 Å². The second kappa shape index (κ2) is 6.18. The number of aliphatic hydroxyl groups excluding tert-OH is 1. The third-order valence-corrected chi connectivity index (χ3v) is 3.51. The maximum absolute atomic E-state index is 12.5. The molecule has 1 fully saturated rings. The molecule has 0 aromatic heterocycles. The van der Waals surface area contributed by atoms with Crippen molar-refractivity contribution in [1.82, 2.24) is 9.80 Å². The Morgan fingerprint density at radius 1 is 1.17 bits per heavy atom. The zero-order valence-electron chi connectivity index (χ0n) is 13.5. The first kappa shape index (κ1) is 16.6. The van der Waals surface area contributed by atoms with E-state index in [0.29, 0.717) is 0 Å². The lowest BCUT2D eigenvalue weighted by Crippen LogP contribution is -2.39. The molecule has 0 saturated carbocycles. The van der Waals surface area contributed by atoms with Crippen molar-refractivity contribution in [3.05, 3.63) is 47.4 Å². The highest BCUT2D eigenvalue weighted by molar-refractivity contribution is 6.17. The summed E-state index contributed by atoms with van der Waals surface area (Å²) in [6.07, 6.45) is 8.10. The van der Waals surface area contributed by atoms with Gasteiger partial charge in [-0.3, -0.25) is 19.4 Å². The van der Waals surface area contributed by atoms with Crippen molar-refractivity contribution < 1.29 is 19.5 Å². The molecule has 3 amide bonds. The maximum atomic E-state index is 12.5. The van der Waals surface area contributed by atoms with Crippen LogP contribution in [0.3, 0.4) is 0 Å². The van der Waals surface area contributed by atoms with E-state index in [1.807, 2.05) is 0 Å². The number of urea groups is 1. The Morgan fingerprint density at radius 3 is 2.30 bits per heavy atom. The zero-order valence-corrected chi connectivity index (χ0v) is 13.5. The van der Waals surface area contributed by atoms with Crippen molar-refractivity contribution in [1.29, 1.82) is 0 Å². The lowest BCUT2D eigenvalue weighted by molar-refractivity contribution is -0.124. The molecule has 1 heterocycles. The molecule has 1 N–H and O–H groups in total. The minimum absolute atomic E-state index is 0.0203. The van der Waals surface area contributed by atoms with Crippen molar-refractivity contribution in [2.75, 3.05) is 0 Å². The SMILES string of the molecule is CC(C)N1C(=O)/C(=C/C(=O)C2=CC=C[C+]=C2O)N(C(C)C)C1=O. The van der Waals surface area contributed by atoms with Crippen LogP contribution in [0.15, 0.2) is 41.3 Å². The van der Waals surface area contributed by atoms with Gasteiger partial charge in [0.25, 0.3) is 11.7 Å². The van der Waals surface area contributed by atoms with E-state index < -0.39 is 17.7 Å². The number of ketones is 1. The molecule has 0 spiro atoms. The Bertz CT molecular complexity index is 681. The predicted octanol–water partition coefficient (Wildman–Crippen LogP) is 2.26. The number of nitrogens with zero attached hydrogens (tertiary/aromatic N) is 2. The van der Waals surface area contributed by atoms with Crippen LogP contribution in [-0.4, -0.2) is 44.7 Å². The minimum Gasteiger partial charge on any atom is -0.480 e. The number of hydrogen-bond acceptors (Lipinski definition) is 4. The molecular weight excluding hydrogens is 296 g/mol. The van der Waals surface area contributed by atoms with E-state index in [1.165, 1.54) is 17.1 Å². The molecule has 1 aliphatic carbocycles. The summed E-state index contributed by atoms with van der Waals surface area (Å²) in [6, 6.07) is -1.02. The zero-order chi connectivity index (χ0) is 17.3. The van der Waals surface area contributed by atoms with Gasteiger partial charge in [-0.15, -0.1) is 0 Å². The molecule has 1 aliphatic heterocycles. The van der Waals surface area contributed by atoms with Crippen molar-refractivity contribution in [2.45, 2.75) is 39.8 Å². The summed E-state index contributed by atoms with van der Waals surface area (Å²) in [6.45, 7) is 7.00. The number of amides is 3. The van der Waals surface area contributed by atoms with Crippen LogP contribution >= 0.6 is 0 Å². The highest BCUT2D eigenvalue weighted by Crippen LogP contribution is 2.26. The third kappa shape index (κ3) is 2.94. The second-order valence-corrected chi connectivity index (χ2v) is 5.84. The summed E-state index contributed by atoms with van der Waals surface area (Å²) in [5, 5.41) is 9.71. The first-order valence-corrected chi connectivity index (χ1v) is 7.38. The van der Waals surface area contributed by atoms with Gasteiger partial charge in [-0.05, 0) is 27.7 Å². The maximum Gasteiger partial charge on any atom is 0.332 e. The van der Waals surface area contributed by atoms with Crippen LogP contribution in [0, 0.1) is 6.08 Å². The predicted molar refractivity (Wildman–Crippen MR) is 84.1 cm³/mol. The molecule has 2 rings (SSSR count). The van der Waals surface area contributed by atoms with Crippen LogP contribution < -0.4 is 0 Å². The fourth-order valence-electron chi connectivity index (χ4n) is 2.45. The molecule has 0 unspecified atom stereocenters. The largest absolute Gasteiger partial charge is 0.480 e. The Kier molecular flexibility index (Phi) is 4.48. The number of carbonyl (C=O) groups is 3. The van der Waals surface area contributed by atoms with Gasteiger partial charge in [-0.1, -0.05) is 0 Å². The van der Waals surface area contributed by atoms with E-state index >= 15 is 0 Å². The van der Waals surface area contributed by atoms with Gasteiger partial charge in [0.1, 0.15) is 11.8 Å². The van der Waals surface area contributed by atoms with Gasteiger partial charge in [0.15, 0.2) is 5.57 Å². The average Bonchev–Trinajstić information content (AvgIpc) is 2.70. The molecular formula is C17H19N2O4+.